The summed E-state index contributed by atoms with van der Waals surface area (Å²) in [6.45, 7) is 3.62. The van der Waals surface area contributed by atoms with Crippen LogP contribution in [0.5, 0.6) is 0 Å². The molecule has 1 unspecified atom stereocenters. The number of nitrogens with zero attached hydrogens (tertiary/aromatic N) is 3. The lowest BCUT2D eigenvalue weighted by atomic mass is 10.1. The second-order valence-corrected chi connectivity index (χ2v) is 9.25. The Bertz CT molecular complexity index is 1260. The first-order chi connectivity index (χ1) is 19.0. The quantitative estimate of drug-likeness (QED) is 0.206. The smallest absolute Gasteiger partial charge is 0.408 e. The van der Waals surface area contributed by atoms with Crippen LogP contribution in [-0.2, 0) is 35.4 Å². The molecule has 0 aliphatic carbocycles. The van der Waals surface area contributed by atoms with Gasteiger partial charge in [-0.3, -0.25) is 0 Å². The molecule has 1 amide bonds. The molecule has 3 aromatic rings. The average Bonchev–Trinajstić information content (AvgIpc) is 2.96. The van der Waals surface area contributed by atoms with Crippen LogP contribution in [-0.4, -0.2) is 57.8 Å². The van der Waals surface area contributed by atoms with Gasteiger partial charge in [-0.2, -0.15) is 0 Å². The standard InChI is InChI=1S/C28H35N7O4/c1-2-22-25(30-15-7-11-21-13-12-20-10-6-14-29-24(20)34-21)32-18-33-26(22)31-16-23(27(36)37)35-28(38)39-17-19-8-4-3-5-9-19/h3-5,8-9,12-13,18,23H,2,6-7,10-11,14-17H2,1H3,(H,29,34)(H,35,38)(H,36,37)(H2,30,31,32,33). The number of hydrogen-bond acceptors (Lipinski definition) is 9. The predicted molar refractivity (Wildman–Crippen MR) is 149 cm³/mol. The minimum absolute atomic E-state index is 0.0484. The second-order valence-electron chi connectivity index (χ2n) is 9.25. The van der Waals surface area contributed by atoms with Crippen LogP contribution >= 0.6 is 0 Å². The van der Waals surface area contributed by atoms with Crippen molar-refractivity contribution in [3.63, 3.8) is 0 Å². The number of hydrogen-bond donors (Lipinski definition) is 5. The summed E-state index contributed by atoms with van der Waals surface area (Å²) in [6, 6.07) is 12.2. The molecule has 0 saturated carbocycles. The minimum atomic E-state index is -1.21. The number of aryl methyl sites for hydroxylation is 2. The highest BCUT2D eigenvalue weighted by atomic mass is 16.5. The summed E-state index contributed by atoms with van der Waals surface area (Å²) in [5.74, 6) is 1.03. The number of carboxylic acid groups (broad SMARTS) is 1. The molecule has 39 heavy (non-hydrogen) atoms. The fourth-order valence-corrected chi connectivity index (χ4v) is 4.34. The first kappa shape index (κ1) is 27.6. The molecule has 0 radical (unpaired) electrons. The highest BCUT2D eigenvalue weighted by Gasteiger charge is 2.22. The van der Waals surface area contributed by atoms with E-state index < -0.39 is 18.1 Å². The van der Waals surface area contributed by atoms with Gasteiger partial charge in [0, 0.05) is 30.9 Å². The van der Waals surface area contributed by atoms with Crippen molar-refractivity contribution in [1.82, 2.24) is 20.3 Å². The van der Waals surface area contributed by atoms with Gasteiger partial charge in [-0.05, 0) is 49.3 Å². The van der Waals surface area contributed by atoms with Crippen LogP contribution in [0.2, 0.25) is 0 Å². The van der Waals surface area contributed by atoms with E-state index >= 15 is 0 Å². The minimum Gasteiger partial charge on any atom is -0.480 e. The number of aromatic nitrogens is 3. The van der Waals surface area contributed by atoms with Crippen LogP contribution in [0.15, 0.2) is 48.8 Å². The fourth-order valence-electron chi connectivity index (χ4n) is 4.34. The highest BCUT2D eigenvalue weighted by molar-refractivity contribution is 5.80. The first-order valence-corrected chi connectivity index (χ1v) is 13.3. The van der Waals surface area contributed by atoms with Gasteiger partial charge in [0.15, 0.2) is 0 Å². The molecule has 1 aromatic carbocycles. The van der Waals surface area contributed by atoms with Crippen LogP contribution in [0, 0.1) is 0 Å². The van der Waals surface area contributed by atoms with E-state index in [1.165, 1.54) is 11.9 Å². The Morgan fingerprint density at radius 2 is 1.90 bits per heavy atom. The molecular formula is C28H35N7O4. The number of benzene rings is 1. The number of carbonyl (C=O) groups excluding carboxylic acids is 1. The van der Waals surface area contributed by atoms with Gasteiger partial charge >= 0.3 is 12.1 Å². The molecule has 11 heteroatoms. The molecule has 0 saturated heterocycles. The Morgan fingerprint density at radius 1 is 1.10 bits per heavy atom. The Hall–Kier alpha value is -4.41. The van der Waals surface area contributed by atoms with Crippen LogP contribution in [0.25, 0.3) is 0 Å². The lowest BCUT2D eigenvalue weighted by molar-refractivity contribution is -0.139. The third-order valence-corrected chi connectivity index (χ3v) is 6.43. The molecule has 0 bridgehead atoms. The lowest BCUT2D eigenvalue weighted by Crippen LogP contribution is -2.45. The Morgan fingerprint density at radius 3 is 2.67 bits per heavy atom. The number of rotatable bonds is 13. The van der Waals surface area contributed by atoms with Gasteiger partial charge in [0.05, 0.1) is 0 Å². The third kappa shape index (κ3) is 8.03. The number of aliphatic carboxylic acids is 1. The summed E-state index contributed by atoms with van der Waals surface area (Å²) in [6.07, 6.45) is 5.18. The van der Waals surface area contributed by atoms with E-state index in [1.54, 1.807) is 0 Å². The first-order valence-electron chi connectivity index (χ1n) is 13.3. The van der Waals surface area contributed by atoms with Gasteiger partial charge < -0.3 is 31.1 Å². The maximum absolute atomic E-state index is 12.2. The number of fused-ring (bicyclic) bond motifs is 1. The molecular weight excluding hydrogens is 498 g/mol. The zero-order valence-electron chi connectivity index (χ0n) is 22.1. The van der Waals surface area contributed by atoms with E-state index in [9.17, 15) is 14.7 Å². The van der Waals surface area contributed by atoms with Crippen molar-refractivity contribution in [1.29, 1.82) is 0 Å². The summed E-state index contributed by atoms with van der Waals surface area (Å²) in [5, 5.41) is 21.8. The van der Waals surface area contributed by atoms with Crippen molar-refractivity contribution in [3.8, 4) is 0 Å². The van der Waals surface area contributed by atoms with Crippen molar-refractivity contribution < 1.29 is 19.4 Å². The van der Waals surface area contributed by atoms with Crippen LogP contribution in [0.4, 0.5) is 22.2 Å². The zero-order valence-corrected chi connectivity index (χ0v) is 22.1. The number of carbonyl (C=O) groups is 2. The topological polar surface area (TPSA) is 150 Å². The second kappa shape index (κ2) is 13.9. The summed E-state index contributed by atoms with van der Waals surface area (Å²) in [4.78, 5) is 37.4. The van der Waals surface area contributed by atoms with Crippen molar-refractivity contribution in [2.24, 2.45) is 0 Å². The summed E-state index contributed by atoms with van der Waals surface area (Å²) >= 11 is 0. The van der Waals surface area contributed by atoms with E-state index in [-0.39, 0.29) is 13.2 Å². The van der Waals surface area contributed by atoms with E-state index in [1.807, 2.05) is 37.3 Å². The highest BCUT2D eigenvalue weighted by Crippen LogP contribution is 2.22. The number of ether oxygens (including phenoxy) is 1. The molecule has 206 valence electrons. The lowest BCUT2D eigenvalue weighted by Gasteiger charge is -2.18. The van der Waals surface area contributed by atoms with Gasteiger partial charge in [-0.15, -0.1) is 0 Å². The Kier molecular flexibility index (Phi) is 9.87. The molecule has 4 rings (SSSR count). The SMILES string of the molecule is CCc1c(NCCCc2ccc3c(n2)NCCC3)ncnc1NCC(NC(=O)OCc1ccccc1)C(=O)O. The van der Waals surface area contributed by atoms with E-state index in [2.05, 4.69) is 43.4 Å². The number of pyridine rings is 1. The number of nitrogens with one attached hydrogen (secondary N) is 4. The molecule has 0 spiro atoms. The largest absolute Gasteiger partial charge is 0.480 e. The van der Waals surface area contributed by atoms with E-state index in [0.29, 0.717) is 24.6 Å². The molecule has 1 atom stereocenters. The van der Waals surface area contributed by atoms with Crippen molar-refractivity contribution in [2.45, 2.75) is 51.7 Å². The molecule has 2 aromatic heterocycles. The van der Waals surface area contributed by atoms with Gasteiger partial charge in [-0.1, -0.05) is 43.3 Å². The molecule has 3 heterocycles. The summed E-state index contributed by atoms with van der Waals surface area (Å²) in [5.41, 5.74) is 3.98. The van der Waals surface area contributed by atoms with E-state index in [0.717, 1.165) is 54.9 Å². The molecule has 1 aliphatic rings. The molecule has 0 fully saturated rings. The average molecular weight is 534 g/mol. The molecule has 5 N–H and O–H groups in total. The third-order valence-electron chi connectivity index (χ3n) is 6.43. The van der Waals surface area contributed by atoms with Gasteiger partial charge in [0.2, 0.25) is 0 Å². The maximum atomic E-state index is 12.2. The Labute approximate surface area is 227 Å². The zero-order chi connectivity index (χ0) is 27.5. The van der Waals surface area contributed by atoms with E-state index in [4.69, 9.17) is 9.72 Å². The van der Waals surface area contributed by atoms with Gasteiger partial charge in [0.1, 0.15) is 36.4 Å². The number of carboxylic acids is 1. The molecule has 11 nitrogen and oxygen atoms in total. The van der Waals surface area contributed by atoms with Gasteiger partial charge in [-0.25, -0.2) is 24.5 Å². The van der Waals surface area contributed by atoms with Crippen LogP contribution in [0.1, 0.15) is 42.1 Å². The summed E-state index contributed by atoms with van der Waals surface area (Å²) in [7, 11) is 0. The number of anilines is 3. The van der Waals surface area contributed by atoms with Crippen molar-refractivity contribution in [3.05, 3.63) is 71.2 Å². The van der Waals surface area contributed by atoms with Crippen molar-refractivity contribution >= 4 is 29.5 Å². The monoisotopic (exact) mass is 533 g/mol. The van der Waals surface area contributed by atoms with Gasteiger partial charge in [0.25, 0.3) is 0 Å². The predicted octanol–water partition coefficient (Wildman–Crippen LogP) is 3.63. The fraction of sp³-hybridized carbons (Fsp3) is 0.393. The maximum Gasteiger partial charge on any atom is 0.408 e. The van der Waals surface area contributed by atoms with Crippen molar-refractivity contribution in [2.75, 3.05) is 35.6 Å². The number of alkyl carbamates (subject to hydrolysis) is 1. The summed E-state index contributed by atoms with van der Waals surface area (Å²) < 4.78 is 5.15. The molecule has 1 aliphatic heterocycles. The normalized spacial score (nSPS) is 12.9. The number of amides is 1. The van der Waals surface area contributed by atoms with Crippen LogP contribution < -0.4 is 21.3 Å². The Balaban J connectivity index is 1.27. The van der Waals surface area contributed by atoms with Crippen LogP contribution in [0.3, 0.4) is 0 Å².